The molecule has 20 heavy (non-hydrogen) atoms. The third-order valence-electron chi connectivity index (χ3n) is 4.91. The first-order valence-electron chi connectivity index (χ1n) is 7.76. The van der Waals surface area contributed by atoms with Crippen LogP contribution in [-0.4, -0.2) is 30.2 Å². The minimum Gasteiger partial charge on any atom is -0.375 e. The Morgan fingerprint density at radius 3 is 2.70 bits per heavy atom. The summed E-state index contributed by atoms with van der Waals surface area (Å²) in [7, 11) is 0. The van der Waals surface area contributed by atoms with Gasteiger partial charge >= 0.3 is 0 Å². The van der Waals surface area contributed by atoms with E-state index >= 15 is 0 Å². The van der Waals surface area contributed by atoms with Gasteiger partial charge in [-0.2, -0.15) is 0 Å². The first-order chi connectivity index (χ1) is 9.06. The van der Waals surface area contributed by atoms with Gasteiger partial charge in [0.05, 0.1) is 11.6 Å². The molecule has 118 valence electrons. The lowest BCUT2D eigenvalue weighted by atomic mass is 9.88. The molecule has 1 spiro atoms. The van der Waals surface area contributed by atoms with Crippen molar-refractivity contribution in [1.82, 2.24) is 5.32 Å². The summed E-state index contributed by atoms with van der Waals surface area (Å²) in [5.41, 5.74) is 6.04. The van der Waals surface area contributed by atoms with Gasteiger partial charge in [-0.1, -0.05) is 33.1 Å². The molecule has 0 aromatic heterocycles. The molecule has 1 saturated carbocycles. The van der Waals surface area contributed by atoms with Gasteiger partial charge < -0.3 is 15.8 Å². The number of rotatable bonds is 4. The fourth-order valence-electron chi connectivity index (χ4n) is 3.33. The van der Waals surface area contributed by atoms with Gasteiger partial charge in [-0.05, 0) is 31.6 Å². The van der Waals surface area contributed by atoms with Crippen LogP contribution in [0.4, 0.5) is 0 Å². The maximum atomic E-state index is 12.1. The van der Waals surface area contributed by atoms with E-state index in [1.54, 1.807) is 0 Å². The van der Waals surface area contributed by atoms with Gasteiger partial charge in [0, 0.05) is 12.6 Å². The van der Waals surface area contributed by atoms with E-state index in [2.05, 4.69) is 12.2 Å². The molecule has 0 aromatic rings. The maximum absolute atomic E-state index is 12.1. The number of carbonyl (C=O) groups excluding carboxylic acids is 1. The number of carbonyl (C=O) groups is 1. The van der Waals surface area contributed by atoms with Crippen LogP contribution in [0.3, 0.4) is 0 Å². The van der Waals surface area contributed by atoms with E-state index in [-0.39, 0.29) is 41.9 Å². The molecule has 2 aliphatic rings. The molecule has 0 bridgehead atoms. The Bertz CT molecular complexity index is 319. The smallest absolute Gasteiger partial charge is 0.237 e. The number of ether oxygens (including phenoxy) is 1. The standard InChI is InChI=1S/C15H28N2O2.ClH/c1-3-11(2)13(16)14(18)17-12-6-9-19-15(10-12)7-4-5-8-15;/h11-13H,3-10,16H2,1-2H3,(H,17,18);1H. The highest BCUT2D eigenvalue weighted by molar-refractivity contribution is 5.85. The van der Waals surface area contributed by atoms with Crippen molar-refractivity contribution in [3.8, 4) is 0 Å². The first-order valence-corrected chi connectivity index (χ1v) is 7.76. The zero-order valence-corrected chi connectivity index (χ0v) is 13.5. The molecule has 4 nitrogen and oxygen atoms in total. The Kier molecular flexibility index (Phi) is 6.76. The van der Waals surface area contributed by atoms with Crippen LogP contribution in [0.15, 0.2) is 0 Å². The molecular weight excluding hydrogens is 276 g/mol. The lowest BCUT2D eigenvalue weighted by Crippen LogP contribution is -2.52. The molecule has 1 aliphatic carbocycles. The molecule has 1 aliphatic heterocycles. The second-order valence-electron chi connectivity index (χ2n) is 6.35. The molecule has 2 rings (SSSR count). The monoisotopic (exact) mass is 304 g/mol. The second kappa shape index (κ2) is 7.62. The molecule has 0 aromatic carbocycles. The molecule has 3 unspecified atom stereocenters. The summed E-state index contributed by atoms with van der Waals surface area (Å²) in [6, 6.07) is -0.137. The molecular formula is C15H29ClN2O2. The minimum atomic E-state index is -0.382. The molecule has 3 atom stereocenters. The number of hydrogen-bond acceptors (Lipinski definition) is 3. The van der Waals surface area contributed by atoms with E-state index in [4.69, 9.17) is 10.5 Å². The van der Waals surface area contributed by atoms with Gasteiger partial charge in [-0.25, -0.2) is 0 Å². The molecule has 1 saturated heterocycles. The Hall–Kier alpha value is -0.320. The summed E-state index contributed by atoms with van der Waals surface area (Å²) >= 11 is 0. The lowest BCUT2D eigenvalue weighted by Gasteiger charge is -2.39. The van der Waals surface area contributed by atoms with Crippen LogP contribution in [0.2, 0.25) is 0 Å². The molecule has 2 fully saturated rings. The normalized spacial score (nSPS) is 27.6. The Labute approximate surface area is 128 Å². The van der Waals surface area contributed by atoms with Crippen LogP contribution in [-0.2, 0) is 9.53 Å². The van der Waals surface area contributed by atoms with Crippen LogP contribution < -0.4 is 11.1 Å². The third-order valence-corrected chi connectivity index (χ3v) is 4.91. The summed E-state index contributed by atoms with van der Waals surface area (Å²) in [6.45, 7) is 4.87. The molecule has 5 heteroatoms. The van der Waals surface area contributed by atoms with E-state index in [0.717, 1.165) is 38.7 Å². The maximum Gasteiger partial charge on any atom is 0.237 e. The van der Waals surface area contributed by atoms with E-state index in [1.807, 2.05) is 6.92 Å². The number of nitrogens with one attached hydrogen (secondary N) is 1. The molecule has 3 N–H and O–H groups in total. The highest BCUT2D eigenvalue weighted by Crippen LogP contribution is 2.39. The third kappa shape index (κ3) is 4.09. The lowest BCUT2D eigenvalue weighted by molar-refractivity contribution is -0.127. The van der Waals surface area contributed by atoms with Crippen LogP contribution in [0.1, 0.15) is 58.8 Å². The first kappa shape index (κ1) is 17.7. The van der Waals surface area contributed by atoms with Crippen LogP contribution in [0, 0.1) is 5.92 Å². The number of halogens is 1. The summed E-state index contributed by atoms with van der Waals surface area (Å²) in [5.74, 6) is 0.245. The van der Waals surface area contributed by atoms with Crippen LogP contribution >= 0.6 is 12.4 Å². The van der Waals surface area contributed by atoms with Crippen molar-refractivity contribution in [1.29, 1.82) is 0 Å². The summed E-state index contributed by atoms with van der Waals surface area (Å²) in [4.78, 5) is 12.1. The minimum absolute atomic E-state index is 0. The highest BCUT2D eigenvalue weighted by Gasteiger charge is 2.40. The zero-order chi connectivity index (χ0) is 13.9. The molecule has 1 heterocycles. The van der Waals surface area contributed by atoms with Gasteiger partial charge in [0.1, 0.15) is 0 Å². The zero-order valence-electron chi connectivity index (χ0n) is 12.7. The van der Waals surface area contributed by atoms with E-state index in [0.29, 0.717) is 0 Å². The van der Waals surface area contributed by atoms with E-state index in [1.165, 1.54) is 12.8 Å². The fourth-order valence-corrected chi connectivity index (χ4v) is 3.33. The quantitative estimate of drug-likeness (QED) is 0.838. The van der Waals surface area contributed by atoms with Gasteiger partial charge in [0.2, 0.25) is 5.91 Å². The van der Waals surface area contributed by atoms with Gasteiger partial charge in [0.15, 0.2) is 0 Å². The van der Waals surface area contributed by atoms with Crippen molar-refractivity contribution >= 4 is 18.3 Å². The SMILES string of the molecule is CCC(C)C(N)C(=O)NC1CCOC2(CCCC2)C1.Cl. The van der Waals surface area contributed by atoms with Gasteiger partial charge in [-0.15, -0.1) is 12.4 Å². The highest BCUT2D eigenvalue weighted by atomic mass is 35.5. The fraction of sp³-hybridized carbons (Fsp3) is 0.933. The van der Waals surface area contributed by atoms with Crippen molar-refractivity contribution in [2.24, 2.45) is 11.7 Å². The van der Waals surface area contributed by atoms with E-state index < -0.39 is 0 Å². The van der Waals surface area contributed by atoms with Crippen molar-refractivity contribution in [3.63, 3.8) is 0 Å². The number of hydrogen-bond donors (Lipinski definition) is 2. The van der Waals surface area contributed by atoms with Crippen LogP contribution in [0.25, 0.3) is 0 Å². The summed E-state index contributed by atoms with van der Waals surface area (Å²) < 4.78 is 5.98. The number of amides is 1. The largest absolute Gasteiger partial charge is 0.375 e. The van der Waals surface area contributed by atoms with Gasteiger partial charge in [-0.3, -0.25) is 4.79 Å². The Balaban J connectivity index is 0.00000200. The van der Waals surface area contributed by atoms with Crippen molar-refractivity contribution in [2.75, 3.05) is 6.61 Å². The molecule has 0 radical (unpaired) electrons. The number of nitrogens with two attached hydrogens (primary N) is 1. The predicted molar refractivity (Wildman–Crippen MR) is 83.0 cm³/mol. The van der Waals surface area contributed by atoms with Crippen LogP contribution in [0.5, 0.6) is 0 Å². The van der Waals surface area contributed by atoms with Crippen molar-refractivity contribution in [3.05, 3.63) is 0 Å². The Morgan fingerprint density at radius 2 is 2.10 bits per heavy atom. The van der Waals surface area contributed by atoms with Crippen molar-refractivity contribution in [2.45, 2.75) is 76.5 Å². The average molecular weight is 305 g/mol. The predicted octanol–water partition coefficient (Wildman–Crippen LogP) is 2.39. The average Bonchev–Trinajstić information content (AvgIpc) is 2.84. The topological polar surface area (TPSA) is 64.4 Å². The Morgan fingerprint density at radius 1 is 1.45 bits per heavy atom. The molecule has 1 amide bonds. The van der Waals surface area contributed by atoms with Crippen molar-refractivity contribution < 1.29 is 9.53 Å². The van der Waals surface area contributed by atoms with E-state index in [9.17, 15) is 4.79 Å². The summed E-state index contributed by atoms with van der Waals surface area (Å²) in [6.07, 6.45) is 7.63. The van der Waals surface area contributed by atoms with Gasteiger partial charge in [0.25, 0.3) is 0 Å². The second-order valence-corrected chi connectivity index (χ2v) is 6.35. The summed E-state index contributed by atoms with van der Waals surface area (Å²) in [5, 5.41) is 3.14.